The minimum Gasteiger partial charge on any atom is -0.384 e. The summed E-state index contributed by atoms with van der Waals surface area (Å²) in [6.45, 7) is 1.97. The van der Waals surface area contributed by atoms with Crippen LogP contribution in [0.3, 0.4) is 0 Å². The molecule has 0 spiro atoms. The first-order valence-corrected chi connectivity index (χ1v) is 7.33. The Kier molecular flexibility index (Phi) is 3.31. The predicted octanol–water partition coefficient (Wildman–Crippen LogP) is 4.94. The van der Waals surface area contributed by atoms with Crippen molar-refractivity contribution in [3.63, 3.8) is 0 Å². The van der Waals surface area contributed by atoms with Gasteiger partial charge in [0, 0.05) is 15.3 Å². The lowest BCUT2D eigenvalue weighted by atomic mass is 9.97. The SMILES string of the molecule is Cc1cc(Cl)ccc1C(O)c1csc2ccccc12. The van der Waals surface area contributed by atoms with E-state index in [1.54, 1.807) is 11.3 Å². The monoisotopic (exact) mass is 288 g/mol. The van der Waals surface area contributed by atoms with Gasteiger partial charge in [0.2, 0.25) is 0 Å². The van der Waals surface area contributed by atoms with Crippen molar-refractivity contribution in [1.29, 1.82) is 0 Å². The molecule has 3 heteroatoms. The van der Waals surface area contributed by atoms with E-state index in [1.165, 1.54) is 4.70 Å². The molecule has 0 saturated carbocycles. The molecule has 1 nitrogen and oxygen atoms in total. The van der Waals surface area contributed by atoms with Crippen molar-refractivity contribution in [1.82, 2.24) is 0 Å². The summed E-state index contributed by atoms with van der Waals surface area (Å²) in [6, 6.07) is 13.7. The van der Waals surface area contributed by atoms with E-state index < -0.39 is 6.10 Å². The highest BCUT2D eigenvalue weighted by atomic mass is 35.5. The first-order valence-electron chi connectivity index (χ1n) is 6.07. The van der Waals surface area contributed by atoms with Crippen LogP contribution in [-0.2, 0) is 0 Å². The number of rotatable bonds is 2. The number of aryl methyl sites for hydroxylation is 1. The molecular weight excluding hydrogens is 276 g/mol. The molecule has 0 fully saturated rings. The van der Waals surface area contributed by atoms with Crippen LogP contribution in [0, 0.1) is 6.92 Å². The Labute approximate surface area is 121 Å². The van der Waals surface area contributed by atoms with Crippen molar-refractivity contribution in [2.75, 3.05) is 0 Å². The highest BCUT2D eigenvalue weighted by molar-refractivity contribution is 7.17. The number of fused-ring (bicyclic) bond motifs is 1. The van der Waals surface area contributed by atoms with Crippen LogP contribution in [-0.4, -0.2) is 5.11 Å². The molecule has 0 radical (unpaired) electrons. The molecule has 3 rings (SSSR count). The quantitative estimate of drug-likeness (QED) is 0.708. The Morgan fingerprint density at radius 3 is 2.68 bits per heavy atom. The molecular formula is C16H13ClOS. The fraction of sp³-hybridized carbons (Fsp3) is 0.125. The maximum absolute atomic E-state index is 10.6. The minimum atomic E-state index is -0.603. The molecule has 1 heterocycles. The highest BCUT2D eigenvalue weighted by Gasteiger charge is 2.16. The summed E-state index contributed by atoms with van der Waals surface area (Å²) < 4.78 is 1.20. The molecule has 0 aliphatic heterocycles. The zero-order chi connectivity index (χ0) is 13.4. The maximum atomic E-state index is 10.6. The van der Waals surface area contributed by atoms with Crippen LogP contribution in [0.5, 0.6) is 0 Å². The average Bonchev–Trinajstić information content (AvgIpc) is 2.82. The summed E-state index contributed by atoms with van der Waals surface area (Å²) >= 11 is 7.62. The molecule has 2 aromatic carbocycles. The maximum Gasteiger partial charge on any atom is 0.106 e. The van der Waals surface area contributed by atoms with Gasteiger partial charge in [-0.1, -0.05) is 35.9 Å². The van der Waals surface area contributed by atoms with Crippen LogP contribution < -0.4 is 0 Å². The van der Waals surface area contributed by atoms with Gasteiger partial charge in [0.15, 0.2) is 0 Å². The van der Waals surface area contributed by atoms with E-state index in [2.05, 4.69) is 12.1 Å². The molecule has 0 saturated heterocycles. The lowest BCUT2D eigenvalue weighted by molar-refractivity contribution is 0.221. The van der Waals surface area contributed by atoms with E-state index in [0.29, 0.717) is 5.02 Å². The smallest absolute Gasteiger partial charge is 0.106 e. The van der Waals surface area contributed by atoms with Gasteiger partial charge in [-0.2, -0.15) is 0 Å². The third kappa shape index (κ3) is 2.27. The number of hydrogen-bond donors (Lipinski definition) is 1. The van der Waals surface area contributed by atoms with Gasteiger partial charge in [-0.3, -0.25) is 0 Å². The van der Waals surface area contributed by atoms with E-state index in [9.17, 15) is 5.11 Å². The van der Waals surface area contributed by atoms with Crippen molar-refractivity contribution in [3.8, 4) is 0 Å². The number of hydrogen-bond acceptors (Lipinski definition) is 2. The molecule has 0 aliphatic carbocycles. The van der Waals surface area contributed by atoms with Crippen LogP contribution >= 0.6 is 22.9 Å². The summed E-state index contributed by atoms with van der Waals surface area (Å²) in [7, 11) is 0. The lowest BCUT2D eigenvalue weighted by Gasteiger charge is -2.13. The standard InChI is InChI=1S/C16H13ClOS/c1-10-8-11(17)6-7-12(10)16(18)14-9-19-15-5-3-2-4-13(14)15/h2-9,16,18H,1H3. The van der Waals surface area contributed by atoms with Crippen molar-refractivity contribution < 1.29 is 5.11 Å². The van der Waals surface area contributed by atoms with Gasteiger partial charge < -0.3 is 5.11 Å². The molecule has 1 N–H and O–H groups in total. The average molecular weight is 289 g/mol. The Balaban J connectivity index is 2.10. The van der Waals surface area contributed by atoms with Gasteiger partial charge in [0.25, 0.3) is 0 Å². The number of aliphatic hydroxyl groups is 1. The van der Waals surface area contributed by atoms with E-state index in [-0.39, 0.29) is 0 Å². The summed E-state index contributed by atoms with van der Waals surface area (Å²) in [6.07, 6.45) is -0.603. The lowest BCUT2D eigenvalue weighted by Crippen LogP contribution is -2.01. The predicted molar refractivity (Wildman–Crippen MR) is 82.1 cm³/mol. The van der Waals surface area contributed by atoms with E-state index in [1.807, 2.05) is 42.6 Å². The zero-order valence-corrected chi connectivity index (χ0v) is 12.0. The second-order valence-electron chi connectivity index (χ2n) is 4.59. The van der Waals surface area contributed by atoms with Gasteiger partial charge in [-0.05, 0) is 47.0 Å². The van der Waals surface area contributed by atoms with Crippen LogP contribution in [0.25, 0.3) is 10.1 Å². The van der Waals surface area contributed by atoms with Crippen LogP contribution in [0.2, 0.25) is 5.02 Å². The minimum absolute atomic E-state index is 0.603. The molecule has 96 valence electrons. The molecule has 3 aromatic rings. The Bertz CT molecular complexity index is 732. The first kappa shape index (κ1) is 12.7. The topological polar surface area (TPSA) is 20.2 Å². The Morgan fingerprint density at radius 1 is 1.11 bits per heavy atom. The van der Waals surface area contributed by atoms with Gasteiger partial charge in [0.05, 0.1) is 0 Å². The van der Waals surface area contributed by atoms with Crippen LogP contribution in [0.1, 0.15) is 22.8 Å². The summed E-state index contributed by atoms with van der Waals surface area (Å²) in [5.41, 5.74) is 2.88. The fourth-order valence-corrected chi connectivity index (χ4v) is 3.53. The zero-order valence-electron chi connectivity index (χ0n) is 10.4. The van der Waals surface area contributed by atoms with Crippen LogP contribution in [0.15, 0.2) is 47.8 Å². The van der Waals surface area contributed by atoms with Gasteiger partial charge in [0.1, 0.15) is 6.10 Å². The molecule has 0 aliphatic rings. The fourth-order valence-electron chi connectivity index (χ4n) is 2.32. The van der Waals surface area contributed by atoms with Crippen molar-refractivity contribution in [2.45, 2.75) is 13.0 Å². The number of aliphatic hydroxyl groups excluding tert-OH is 1. The number of benzene rings is 2. The Morgan fingerprint density at radius 2 is 1.89 bits per heavy atom. The van der Waals surface area contributed by atoms with Gasteiger partial charge in [-0.25, -0.2) is 0 Å². The molecule has 1 atom stereocenters. The highest BCUT2D eigenvalue weighted by Crippen LogP contribution is 2.34. The second-order valence-corrected chi connectivity index (χ2v) is 5.94. The third-order valence-corrected chi connectivity index (χ3v) is 4.55. The normalized spacial score (nSPS) is 12.8. The largest absolute Gasteiger partial charge is 0.384 e. The molecule has 19 heavy (non-hydrogen) atoms. The van der Waals surface area contributed by atoms with E-state index in [0.717, 1.165) is 22.1 Å². The first-order chi connectivity index (χ1) is 9.16. The second kappa shape index (κ2) is 4.97. The Hall–Kier alpha value is -1.35. The van der Waals surface area contributed by atoms with Gasteiger partial charge in [-0.15, -0.1) is 11.3 Å². The van der Waals surface area contributed by atoms with E-state index in [4.69, 9.17) is 11.6 Å². The number of halogens is 1. The summed E-state index contributed by atoms with van der Waals surface area (Å²) in [5, 5.41) is 14.5. The molecule has 0 amide bonds. The third-order valence-electron chi connectivity index (χ3n) is 3.33. The summed E-state index contributed by atoms with van der Waals surface area (Å²) in [5.74, 6) is 0. The van der Waals surface area contributed by atoms with Crippen molar-refractivity contribution in [2.24, 2.45) is 0 Å². The van der Waals surface area contributed by atoms with Crippen molar-refractivity contribution >= 4 is 33.0 Å². The van der Waals surface area contributed by atoms with E-state index >= 15 is 0 Å². The van der Waals surface area contributed by atoms with Crippen LogP contribution in [0.4, 0.5) is 0 Å². The van der Waals surface area contributed by atoms with Gasteiger partial charge >= 0.3 is 0 Å². The molecule has 1 unspecified atom stereocenters. The summed E-state index contributed by atoms with van der Waals surface area (Å²) in [4.78, 5) is 0. The van der Waals surface area contributed by atoms with Crippen molar-refractivity contribution in [3.05, 3.63) is 69.6 Å². The molecule has 0 bridgehead atoms. The number of thiophene rings is 1. The molecule has 1 aromatic heterocycles.